The molecule has 1 fully saturated rings. The summed E-state index contributed by atoms with van der Waals surface area (Å²) in [6, 6.07) is -0.218. The van der Waals surface area contributed by atoms with Crippen molar-refractivity contribution in [1.82, 2.24) is 15.2 Å². The number of ether oxygens (including phenoxy) is 1. The van der Waals surface area contributed by atoms with Crippen molar-refractivity contribution in [2.75, 3.05) is 26.2 Å². The second kappa shape index (κ2) is 7.79. The number of nitrogens with one attached hydrogen (secondary N) is 1. The Kier molecular flexibility index (Phi) is 5.67. The van der Waals surface area contributed by atoms with Crippen LogP contribution in [-0.2, 0) is 9.53 Å². The van der Waals surface area contributed by atoms with Gasteiger partial charge < -0.3 is 10.1 Å². The largest absolute Gasteiger partial charge is 0.463 e. The number of aliphatic imine (C=N–C) groups is 1. The number of aromatic nitrogens is 1. The molecule has 0 amide bonds. The molecule has 6 nitrogen and oxygen atoms in total. The fraction of sp³-hybridized carbons (Fsp3) is 0.588. The molecule has 1 atom stereocenters. The number of hydrogen-bond acceptors (Lipinski definition) is 7. The highest BCUT2D eigenvalue weighted by molar-refractivity contribution is 7.11. The van der Waals surface area contributed by atoms with E-state index in [2.05, 4.69) is 15.3 Å². The molecule has 1 saturated heterocycles. The molecule has 142 valence electrons. The van der Waals surface area contributed by atoms with Crippen molar-refractivity contribution in [2.45, 2.75) is 38.7 Å². The quantitative estimate of drug-likeness (QED) is 0.763. The Morgan fingerprint density at radius 1 is 1.50 bits per heavy atom. The van der Waals surface area contributed by atoms with Crippen LogP contribution < -0.4 is 5.32 Å². The van der Waals surface area contributed by atoms with Crippen LogP contribution in [0.2, 0.25) is 0 Å². The molecule has 2 aliphatic rings. The number of esters is 1. The summed E-state index contributed by atoms with van der Waals surface area (Å²) in [5.74, 6) is -2.61. The molecule has 1 N–H and O–H groups in total. The van der Waals surface area contributed by atoms with Gasteiger partial charge >= 0.3 is 5.97 Å². The van der Waals surface area contributed by atoms with Crippen molar-refractivity contribution in [3.05, 3.63) is 27.9 Å². The maximum Gasteiger partial charge on any atom is 0.337 e. The highest BCUT2D eigenvalue weighted by Gasteiger charge is 2.44. The number of nitrogens with zero attached hydrogens (tertiary/aromatic N) is 3. The summed E-state index contributed by atoms with van der Waals surface area (Å²) in [7, 11) is 0. The summed E-state index contributed by atoms with van der Waals surface area (Å²) in [6.45, 7) is 3.95. The summed E-state index contributed by atoms with van der Waals surface area (Å²) < 4.78 is 32.8. The Labute approximate surface area is 155 Å². The topological polar surface area (TPSA) is 66.8 Å². The van der Waals surface area contributed by atoms with Crippen molar-refractivity contribution in [1.29, 1.82) is 0 Å². The first-order valence-electron chi connectivity index (χ1n) is 8.66. The van der Waals surface area contributed by atoms with Gasteiger partial charge in [-0.05, 0) is 13.3 Å². The third-order valence-corrected chi connectivity index (χ3v) is 5.28. The van der Waals surface area contributed by atoms with Gasteiger partial charge in [0.1, 0.15) is 0 Å². The number of alkyl halides is 2. The molecular weight excluding hydrogens is 362 g/mol. The van der Waals surface area contributed by atoms with Crippen molar-refractivity contribution in [2.24, 2.45) is 4.99 Å². The molecule has 1 aromatic rings. The summed E-state index contributed by atoms with van der Waals surface area (Å²) in [5.41, 5.74) is 0.956. The third-order valence-electron chi connectivity index (χ3n) is 4.50. The van der Waals surface area contributed by atoms with Crippen molar-refractivity contribution >= 4 is 23.1 Å². The molecule has 26 heavy (non-hydrogen) atoms. The van der Waals surface area contributed by atoms with Gasteiger partial charge in [0.2, 0.25) is 0 Å². The van der Waals surface area contributed by atoms with Gasteiger partial charge in [-0.2, -0.15) is 0 Å². The lowest BCUT2D eigenvalue weighted by molar-refractivity contribution is -0.138. The first-order chi connectivity index (χ1) is 12.4. The van der Waals surface area contributed by atoms with E-state index in [9.17, 15) is 13.6 Å². The van der Waals surface area contributed by atoms with Crippen molar-refractivity contribution < 1.29 is 18.3 Å². The number of amidine groups is 1. The Morgan fingerprint density at radius 2 is 2.31 bits per heavy atom. The molecule has 9 heteroatoms. The van der Waals surface area contributed by atoms with Crippen molar-refractivity contribution in [3.63, 3.8) is 0 Å². The van der Waals surface area contributed by atoms with Crippen LogP contribution in [-0.4, -0.2) is 59.9 Å². The molecule has 1 unspecified atom stereocenters. The van der Waals surface area contributed by atoms with E-state index in [-0.39, 0.29) is 38.7 Å². The Balaban J connectivity index is 1.83. The average molecular weight is 384 g/mol. The molecule has 2 aliphatic heterocycles. The van der Waals surface area contributed by atoms with Crippen LogP contribution in [0, 0.1) is 0 Å². The van der Waals surface area contributed by atoms with Gasteiger partial charge in [0, 0.05) is 36.3 Å². The summed E-state index contributed by atoms with van der Waals surface area (Å²) in [4.78, 5) is 22.6. The molecule has 0 spiro atoms. The lowest BCUT2D eigenvalue weighted by Crippen LogP contribution is -2.40. The van der Waals surface area contributed by atoms with E-state index in [0.29, 0.717) is 28.5 Å². The lowest BCUT2D eigenvalue weighted by Gasteiger charge is -2.27. The zero-order chi connectivity index (χ0) is 18.7. The highest BCUT2D eigenvalue weighted by Crippen LogP contribution is 2.34. The van der Waals surface area contributed by atoms with E-state index in [1.165, 1.54) is 11.3 Å². The first-order valence-corrected chi connectivity index (χ1v) is 9.53. The number of hydrogen-bond donors (Lipinski definition) is 1. The van der Waals surface area contributed by atoms with Crippen LogP contribution in [0.1, 0.15) is 31.7 Å². The monoisotopic (exact) mass is 384 g/mol. The number of thiazole rings is 1. The Bertz CT molecular complexity index is 718. The van der Waals surface area contributed by atoms with E-state index in [1.807, 2.05) is 12.3 Å². The maximum absolute atomic E-state index is 13.9. The van der Waals surface area contributed by atoms with Crippen LogP contribution in [0.4, 0.5) is 8.78 Å². The van der Waals surface area contributed by atoms with Gasteiger partial charge in [-0.3, -0.25) is 9.89 Å². The Morgan fingerprint density at radius 3 is 2.96 bits per heavy atom. The molecule has 0 bridgehead atoms. The highest BCUT2D eigenvalue weighted by atomic mass is 32.1. The predicted octanol–water partition coefficient (Wildman–Crippen LogP) is 2.43. The summed E-state index contributed by atoms with van der Waals surface area (Å²) >= 11 is 1.42. The van der Waals surface area contributed by atoms with Crippen LogP contribution in [0.5, 0.6) is 0 Å². The molecule has 0 radical (unpaired) electrons. The van der Waals surface area contributed by atoms with Crippen LogP contribution in [0.25, 0.3) is 0 Å². The normalized spacial score (nSPS) is 22.9. The van der Waals surface area contributed by atoms with E-state index >= 15 is 0 Å². The SMILES string of the molecule is CCOC(=O)C1=C(CN2CC(F)(F)CC2CC)NC(c2nccs2)=NC1. The number of carbonyl (C=O) groups is 1. The molecule has 3 rings (SSSR count). The summed E-state index contributed by atoms with van der Waals surface area (Å²) in [5, 5.41) is 5.66. The van der Waals surface area contributed by atoms with E-state index < -0.39 is 11.9 Å². The number of halogens is 2. The van der Waals surface area contributed by atoms with Gasteiger partial charge in [-0.1, -0.05) is 6.92 Å². The van der Waals surface area contributed by atoms with Crippen molar-refractivity contribution in [3.8, 4) is 0 Å². The smallest absolute Gasteiger partial charge is 0.337 e. The number of carbonyl (C=O) groups excluding carboxylic acids is 1. The van der Waals surface area contributed by atoms with Crippen LogP contribution in [0.15, 0.2) is 27.8 Å². The second-order valence-electron chi connectivity index (χ2n) is 6.33. The van der Waals surface area contributed by atoms with Gasteiger partial charge in [-0.15, -0.1) is 11.3 Å². The minimum atomic E-state index is -2.70. The zero-order valence-corrected chi connectivity index (χ0v) is 15.6. The fourth-order valence-corrected chi connectivity index (χ4v) is 3.87. The second-order valence-corrected chi connectivity index (χ2v) is 7.23. The fourth-order valence-electron chi connectivity index (χ4n) is 3.27. The third kappa shape index (κ3) is 4.09. The maximum atomic E-state index is 13.9. The minimum Gasteiger partial charge on any atom is -0.463 e. The molecular formula is C17H22F2N4O2S. The standard InChI is InChI=1S/C17H22F2N4O2S/c1-3-11-7-17(18,19)10-23(11)9-13-12(16(24)25-4-2)8-21-14(22-13)15-20-5-6-26-15/h5-6,11H,3-4,7-10H2,1-2H3,(H,21,22). The number of likely N-dealkylation sites (tertiary alicyclic amines) is 1. The molecule has 0 aromatic carbocycles. The lowest BCUT2D eigenvalue weighted by atomic mass is 10.1. The van der Waals surface area contributed by atoms with Gasteiger partial charge in [0.05, 0.1) is 25.3 Å². The molecule has 0 saturated carbocycles. The molecule has 1 aromatic heterocycles. The zero-order valence-electron chi connectivity index (χ0n) is 14.8. The summed E-state index contributed by atoms with van der Waals surface area (Å²) in [6.07, 6.45) is 2.15. The van der Waals surface area contributed by atoms with Gasteiger partial charge in [0.15, 0.2) is 10.8 Å². The van der Waals surface area contributed by atoms with Crippen LogP contribution >= 0.6 is 11.3 Å². The van der Waals surface area contributed by atoms with Gasteiger partial charge in [-0.25, -0.2) is 18.6 Å². The number of rotatable bonds is 6. The molecule has 0 aliphatic carbocycles. The van der Waals surface area contributed by atoms with Gasteiger partial charge in [0.25, 0.3) is 5.92 Å². The molecule has 3 heterocycles. The van der Waals surface area contributed by atoms with E-state index in [4.69, 9.17) is 4.74 Å². The van der Waals surface area contributed by atoms with Crippen LogP contribution in [0.3, 0.4) is 0 Å². The Hall–Kier alpha value is -1.87. The predicted molar refractivity (Wildman–Crippen MR) is 95.5 cm³/mol. The first kappa shape index (κ1) is 18.9. The minimum absolute atomic E-state index is 0.150. The van der Waals surface area contributed by atoms with E-state index in [0.717, 1.165) is 0 Å². The average Bonchev–Trinajstić information content (AvgIpc) is 3.22. The van der Waals surface area contributed by atoms with E-state index in [1.54, 1.807) is 18.0 Å².